The molecule has 0 radical (unpaired) electrons. The van der Waals surface area contributed by atoms with E-state index in [-0.39, 0.29) is 0 Å². The number of allylic oxidation sites excluding steroid dienone is 4. The predicted octanol–water partition coefficient (Wildman–Crippen LogP) is 13.3. The van der Waals surface area contributed by atoms with Crippen LogP contribution in [0.4, 0.5) is 17.1 Å². The van der Waals surface area contributed by atoms with Crippen LogP contribution in [0.15, 0.2) is 115 Å². The van der Waals surface area contributed by atoms with Crippen molar-refractivity contribution in [1.29, 1.82) is 0 Å². The van der Waals surface area contributed by atoms with Gasteiger partial charge in [0.2, 0.25) is 0 Å². The number of thiophene rings is 1. The molecule has 4 aliphatic rings. The smallest absolute Gasteiger partial charge is 0.100 e. The van der Waals surface area contributed by atoms with E-state index >= 15 is 0 Å². The Morgan fingerprint density at radius 1 is 0.796 bits per heavy atom. The zero-order valence-corrected chi connectivity index (χ0v) is 29.0. The fourth-order valence-corrected chi connectivity index (χ4v) is 11.5. The van der Waals surface area contributed by atoms with E-state index in [2.05, 4.69) is 139 Å². The van der Waals surface area contributed by atoms with Crippen molar-refractivity contribution in [3.05, 3.63) is 144 Å². The Kier molecular flexibility index (Phi) is 6.89. The van der Waals surface area contributed by atoms with Crippen LogP contribution in [-0.4, -0.2) is 0 Å². The predicted molar refractivity (Wildman–Crippen MR) is 208 cm³/mol. The monoisotopic (exact) mass is 651 g/mol. The highest BCUT2D eigenvalue weighted by Crippen LogP contribution is 2.66. The molecule has 240 valence electrons. The van der Waals surface area contributed by atoms with Crippen LogP contribution in [0.25, 0.3) is 36.9 Å². The molecule has 49 heavy (non-hydrogen) atoms. The number of aryl methyl sites for hydroxylation is 1. The lowest BCUT2D eigenvalue weighted by molar-refractivity contribution is 0.226. The van der Waals surface area contributed by atoms with Crippen LogP contribution in [-0.2, 0) is 5.41 Å². The molecule has 0 saturated heterocycles. The van der Waals surface area contributed by atoms with E-state index in [0.717, 1.165) is 36.3 Å². The number of nitrogens with zero attached hydrogens (tertiary/aromatic N) is 1. The van der Waals surface area contributed by atoms with Crippen molar-refractivity contribution in [2.75, 3.05) is 4.90 Å². The average Bonchev–Trinajstić information content (AvgIpc) is 3.95. The van der Waals surface area contributed by atoms with Gasteiger partial charge in [-0.05, 0) is 140 Å². The number of benzene rings is 4. The van der Waals surface area contributed by atoms with Gasteiger partial charge in [-0.15, -0.1) is 11.3 Å². The van der Waals surface area contributed by atoms with Crippen LogP contribution in [0.2, 0.25) is 0 Å². The number of hydrogen-bond donors (Lipinski definition) is 0. The maximum absolute atomic E-state index is 3.88. The average molecular weight is 652 g/mol. The van der Waals surface area contributed by atoms with Crippen LogP contribution < -0.4 is 4.90 Å². The van der Waals surface area contributed by atoms with E-state index in [4.69, 9.17) is 0 Å². The van der Waals surface area contributed by atoms with E-state index in [1.807, 2.05) is 11.3 Å². The quantitative estimate of drug-likeness (QED) is 0.173. The summed E-state index contributed by atoms with van der Waals surface area (Å²) in [6.45, 7) is 2.32. The maximum atomic E-state index is 3.88. The van der Waals surface area contributed by atoms with Gasteiger partial charge in [0.15, 0.2) is 0 Å². The second kappa shape index (κ2) is 11.5. The van der Waals surface area contributed by atoms with Crippen LogP contribution in [0, 0.1) is 36.8 Å². The molecule has 1 heterocycles. The fourth-order valence-electron chi connectivity index (χ4n) is 10.4. The van der Waals surface area contributed by atoms with E-state index in [0.29, 0.717) is 5.41 Å². The number of hydrogen-bond acceptors (Lipinski definition) is 2. The van der Waals surface area contributed by atoms with E-state index in [1.165, 1.54) is 103 Å². The van der Waals surface area contributed by atoms with Gasteiger partial charge in [0.05, 0.1) is 5.69 Å². The molecule has 2 heteroatoms. The molecule has 0 aliphatic heterocycles. The summed E-state index contributed by atoms with van der Waals surface area (Å²) in [4.78, 5) is 2.49. The Bertz CT molecular complexity index is 2290. The first kappa shape index (κ1) is 29.3. The minimum Gasteiger partial charge on any atom is -0.302 e. The van der Waals surface area contributed by atoms with Crippen molar-refractivity contribution in [1.82, 2.24) is 0 Å². The van der Waals surface area contributed by atoms with Crippen molar-refractivity contribution in [2.45, 2.75) is 63.7 Å². The topological polar surface area (TPSA) is 3.24 Å². The lowest BCUT2D eigenvalue weighted by atomic mass is 9.68. The Morgan fingerprint density at radius 2 is 1.67 bits per heavy atom. The molecule has 0 spiro atoms. The largest absolute Gasteiger partial charge is 0.302 e. The standard InChI is InChI=1S/C47H41NS/c1-31-27-36(47-26-25-35(30-47)38-16-10-17-42(38)47)20-23-43(31)48(37-21-24-46-41(29-37)39-15-8-9-18-45(39)49-46)44-22-19-34(32-11-4-2-5-12-32)28-40(44)33-13-6-3-7-14-33/h2-6,8-9,11-13,15,18-19,21-22,24,27-29,35,38,42H,7,10,14,16-17,25-26,30H2,1H3. The first-order valence-corrected chi connectivity index (χ1v) is 19.2. The number of fused-ring (bicyclic) bond motifs is 8. The molecule has 5 aromatic carbocycles. The van der Waals surface area contributed by atoms with Crippen molar-refractivity contribution >= 4 is 54.1 Å². The third-order valence-corrected chi connectivity index (χ3v) is 13.8. The van der Waals surface area contributed by atoms with Crippen LogP contribution in [0.5, 0.6) is 0 Å². The summed E-state index contributed by atoms with van der Waals surface area (Å²) in [5.41, 5.74) is 11.7. The highest BCUT2D eigenvalue weighted by Gasteiger charge is 2.59. The summed E-state index contributed by atoms with van der Waals surface area (Å²) in [6.07, 6.45) is 17.3. The number of anilines is 3. The van der Waals surface area contributed by atoms with Crippen molar-refractivity contribution in [2.24, 2.45) is 17.8 Å². The Morgan fingerprint density at radius 3 is 2.55 bits per heavy atom. The Hall–Kier alpha value is -4.58. The molecule has 4 atom stereocenters. The minimum absolute atomic E-state index is 0.312. The molecule has 0 amide bonds. The van der Waals surface area contributed by atoms with Gasteiger partial charge in [0.1, 0.15) is 5.69 Å². The molecule has 4 aliphatic carbocycles. The highest BCUT2D eigenvalue weighted by molar-refractivity contribution is 7.25. The first-order chi connectivity index (χ1) is 24.2. The van der Waals surface area contributed by atoms with Crippen molar-refractivity contribution < 1.29 is 0 Å². The van der Waals surface area contributed by atoms with Gasteiger partial charge in [0.25, 0.3) is 0 Å². The maximum Gasteiger partial charge on any atom is 0.100 e. The zero-order chi connectivity index (χ0) is 32.5. The summed E-state index contributed by atoms with van der Waals surface area (Å²) in [7, 11) is 0. The molecule has 3 saturated carbocycles. The molecule has 10 rings (SSSR count). The SMILES string of the molecule is Cc1cc(C23CCC(C2)C2CCCC23)c#cc1N(c1ccc2sc3ccccc3c2c1)c1ccc(-c2ccccc2)cc1C1=CC=CCC1. The second-order valence-corrected chi connectivity index (χ2v) is 16.2. The van der Waals surface area contributed by atoms with E-state index < -0.39 is 0 Å². The van der Waals surface area contributed by atoms with Gasteiger partial charge >= 0.3 is 0 Å². The summed E-state index contributed by atoms with van der Waals surface area (Å²) in [5, 5.41) is 2.65. The molecule has 3 fully saturated rings. The van der Waals surface area contributed by atoms with Crippen molar-refractivity contribution in [3.8, 4) is 11.1 Å². The number of rotatable bonds is 6. The molecule has 1 aromatic heterocycles. The molecule has 2 bridgehead atoms. The summed E-state index contributed by atoms with van der Waals surface area (Å²) in [5.74, 6) is 2.71. The van der Waals surface area contributed by atoms with Crippen LogP contribution in [0.1, 0.15) is 68.1 Å². The second-order valence-electron chi connectivity index (χ2n) is 15.1. The molecular weight excluding hydrogens is 611 g/mol. The molecule has 6 aromatic rings. The first-order valence-electron chi connectivity index (χ1n) is 18.4. The normalized spacial score (nSPS) is 23.9. The molecule has 4 unspecified atom stereocenters. The van der Waals surface area contributed by atoms with Crippen LogP contribution in [0.3, 0.4) is 0 Å². The van der Waals surface area contributed by atoms with Crippen LogP contribution >= 0.6 is 11.3 Å². The third kappa shape index (κ3) is 4.66. The van der Waals surface area contributed by atoms with Gasteiger partial charge in [-0.3, -0.25) is 0 Å². The molecule has 1 nitrogen and oxygen atoms in total. The highest BCUT2D eigenvalue weighted by atomic mass is 32.1. The summed E-state index contributed by atoms with van der Waals surface area (Å²) in [6, 6.07) is 44.1. The van der Waals surface area contributed by atoms with E-state index in [1.54, 1.807) is 0 Å². The minimum atomic E-state index is 0.312. The van der Waals surface area contributed by atoms with Crippen molar-refractivity contribution in [3.63, 3.8) is 0 Å². The molecule has 0 N–H and O–H groups in total. The Labute approximate surface area is 294 Å². The third-order valence-electron chi connectivity index (χ3n) is 12.6. The lowest BCUT2D eigenvalue weighted by Crippen LogP contribution is -2.31. The zero-order valence-electron chi connectivity index (χ0n) is 28.2. The van der Waals surface area contributed by atoms with E-state index in [9.17, 15) is 0 Å². The lowest BCUT2D eigenvalue weighted by Gasteiger charge is -2.36. The summed E-state index contributed by atoms with van der Waals surface area (Å²) >= 11 is 1.88. The van der Waals surface area contributed by atoms with Gasteiger partial charge in [-0.1, -0.05) is 85.3 Å². The molecular formula is C47H41NS. The van der Waals surface area contributed by atoms with Gasteiger partial charge < -0.3 is 4.90 Å². The Balaban J connectivity index is 1.17. The van der Waals surface area contributed by atoms with Gasteiger partial charge in [0, 0.05) is 42.4 Å². The fraction of sp³-hybridized carbons (Fsp3) is 0.277. The van der Waals surface area contributed by atoms with Gasteiger partial charge in [-0.25, -0.2) is 0 Å². The van der Waals surface area contributed by atoms with Gasteiger partial charge in [-0.2, -0.15) is 0 Å². The summed E-state index contributed by atoms with van der Waals surface area (Å²) < 4.78 is 2.67.